The van der Waals surface area contributed by atoms with Gasteiger partial charge in [-0.15, -0.1) is 0 Å². The summed E-state index contributed by atoms with van der Waals surface area (Å²) in [6.45, 7) is 3.79. The number of nitrogens with one attached hydrogen (secondary N) is 1. The van der Waals surface area contributed by atoms with Crippen molar-refractivity contribution >= 4 is 24.1 Å². The molecule has 0 radical (unpaired) electrons. The number of aldehydes is 1. The third-order valence-electron chi connectivity index (χ3n) is 1.37. The van der Waals surface area contributed by atoms with Gasteiger partial charge in [-0.25, -0.2) is 0 Å². The minimum atomic E-state index is -0.0645. The summed E-state index contributed by atoms with van der Waals surface area (Å²) >= 11 is 5.47. The van der Waals surface area contributed by atoms with Gasteiger partial charge in [0, 0.05) is 0 Å². The van der Waals surface area contributed by atoms with Crippen LogP contribution in [0.3, 0.4) is 0 Å². The fourth-order valence-corrected chi connectivity index (χ4v) is 0.617. The molecule has 1 N–H and O–H groups in total. The minimum Gasteiger partial charge on any atom is -0.487 e. The highest BCUT2D eigenvalue weighted by Gasteiger charge is 2.05. The van der Waals surface area contributed by atoms with Crippen LogP contribution in [0.15, 0.2) is 10.8 Å². The Labute approximate surface area is 76.9 Å². The molecule has 0 rings (SSSR count). The van der Waals surface area contributed by atoms with Gasteiger partial charge in [0.05, 0.1) is 12.3 Å². The van der Waals surface area contributed by atoms with E-state index in [0.29, 0.717) is 6.29 Å². The Bertz CT molecular complexity index is 201. The molecule has 0 saturated carbocycles. The molecular weight excluding hydrogens is 178 g/mol. The van der Waals surface area contributed by atoms with Gasteiger partial charge in [-0.1, -0.05) is 18.5 Å². The summed E-state index contributed by atoms with van der Waals surface area (Å²) in [6.07, 6.45) is 2.17. The Hall–Kier alpha value is -0.830. The van der Waals surface area contributed by atoms with E-state index >= 15 is 0 Å². The van der Waals surface area contributed by atoms with Crippen LogP contribution >= 0.6 is 11.6 Å². The zero-order valence-electron chi connectivity index (χ0n) is 7.13. The zero-order chi connectivity index (χ0) is 9.56. The highest BCUT2D eigenvalue weighted by atomic mass is 35.5. The van der Waals surface area contributed by atoms with Crippen LogP contribution in [0, 0.1) is 5.41 Å². The van der Waals surface area contributed by atoms with Crippen LogP contribution in [0.2, 0.25) is 0 Å². The molecule has 0 aliphatic heterocycles. The molecule has 0 aromatic rings. The second kappa shape index (κ2) is 5.77. The van der Waals surface area contributed by atoms with Crippen molar-refractivity contribution in [2.24, 2.45) is 0 Å². The number of halogens is 1. The molecule has 1 atom stereocenters. The van der Waals surface area contributed by atoms with Gasteiger partial charge < -0.3 is 10.1 Å². The Morgan fingerprint density at radius 1 is 1.75 bits per heavy atom. The van der Waals surface area contributed by atoms with Gasteiger partial charge in [0.2, 0.25) is 0 Å². The van der Waals surface area contributed by atoms with E-state index in [1.807, 2.05) is 13.8 Å². The first kappa shape index (κ1) is 11.2. The third-order valence-corrected chi connectivity index (χ3v) is 1.65. The maximum Gasteiger partial charge on any atom is 0.165 e. The summed E-state index contributed by atoms with van der Waals surface area (Å²) in [7, 11) is 0. The quantitative estimate of drug-likeness (QED) is 0.312. The summed E-state index contributed by atoms with van der Waals surface area (Å²) in [5, 5.41) is 6.85. The van der Waals surface area contributed by atoms with Crippen LogP contribution in [0.25, 0.3) is 0 Å². The average Bonchev–Trinajstić information content (AvgIpc) is 2.12. The Morgan fingerprint density at radius 3 is 2.67 bits per heavy atom. The highest BCUT2D eigenvalue weighted by molar-refractivity contribution is 6.39. The molecule has 0 aromatic carbocycles. The van der Waals surface area contributed by atoms with E-state index in [-0.39, 0.29) is 16.9 Å². The van der Waals surface area contributed by atoms with Crippen molar-refractivity contribution in [1.82, 2.24) is 0 Å². The largest absolute Gasteiger partial charge is 0.487 e. The molecule has 0 fully saturated rings. The fourth-order valence-electron chi connectivity index (χ4n) is 0.517. The van der Waals surface area contributed by atoms with Crippen LogP contribution < -0.4 is 0 Å². The van der Waals surface area contributed by atoms with Crippen molar-refractivity contribution in [3.8, 4) is 0 Å². The van der Waals surface area contributed by atoms with Crippen molar-refractivity contribution < 1.29 is 9.53 Å². The Kier molecular flexibility index (Phi) is 5.37. The second-order valence-electron chi connectivity index (χ2n) is 2.31. The lowest BCUT2D eigenvalue weighted by Crippen LogP contribution is -2.08. The van der Waals surface area contributed by atoms with Gasteiger partial charge in [-0.3, -0.25) is 4.79 Å². The first-order chi connectivity index (χ1) is 5.65. The number of carbonyl (C=O) groups is 1. The van der Waals surface area contributed by atoms with Gasteiger partial charge in [-0.2, -0.15) is 0 Å². The zero-order valence-corrected chi connectivity index (χ0v) is 7.89. The van der Waals surface area contributed by atoms with Gasteiger partial charge in [0.25, 0.3) is 0 Å². The van der Waals surface area contributed by atoms with E-state index in [0.717, 1.165) is 12.6 Å². The van der Waals surface area contributed by atoms with Gasteiger partial charge in [-0.05, 0) is 13.3 Å². The van der Waals surface area contributed by atoms with Gasteiger partial charge >= 0.3 is 0 Å². The number of ether oxygens (including phenoxy) is 1. The summed E-state index contributed by atoms with van der Waals surface area (Å²) in [5.74, 6) is 0.126. The number of carbonyl (C=O) groups excluding carboxylic acids is 1. The van der Waals surface area contributed by atoms with Crippen molar-refractivity contribution in [3.05, 3.63) is 10.8 Å². The molecule has 0 spiro atoms. The number of hydrogen-bond acceptors (Lipinski definition) is 3. The monoisotopic (exact) mass is 189 g/mol. The van der Waals surface area contributed by atoms with Crippen molar-refractivity contribution in [2.75, 3.05) is 0 Å². The lowest BCUT2D eigenvalue weighted by atomic mass is 10.3. The van der Waals surface area contributed by atoms with Crippen molar-refractivity contribution in [2.45, 2.75) is 26.4 Å². The smallest absolute Gasteiger partial charge is 0.165 e. The molecule has 0 saturated heterocycles. The predicted octanol–water partition coefficient (Wildman–Crippen LogP) is 2.10. The van der Waals surface area contributed by atoms with E-state index in [9.17, 15) is 4.79 Å². The summed E-state index contributed by atoms with van der Waals surface area (Å²) in [5.41, 5.74) is 0. The maximum absolute atomic E-state index is 10.2. The molecule has 0 bridgehead atoms. The first-order valence-electron chi connectivity index (χ1n) is 3.67. The molecule has 0 aliphatic rings. The Balaban J connectivity index is 4.36. The molecule has 4 heteroatoms. The van der Waals surface area contributed by atoms with E-state index in [1.54, 1.807) is 0 Å². The van der Waals surface area contributed by atoms with E-state index in [2.05, 4.69) is 0 Å². The van der Waals surface area contributed by atoms with E-state index < -0.39 is 0 Å². The third kappa shape index (κ3) is 3.53. The highest BCUT2D eigenvalue weighted by Crippen LogP contribution is 2.10. The van der Waals surface area contributed by atoms with Crippen LogP contribution in [0.1, 0.15) is 20.3 Å². The fraction of sp³-hybridized carbons (Fsp3) is 0.500. The SMILES string of the molecule is CCC(C)O/C(C=N)=C(\Cl)C=O. The molecule has 68 valence electrons. The summed E-state index contributed by atoms with van der Waals surface area (Å²) in [4.78, 5) is 10.2. The molecule has 12 heavy (non-hydrogen) atoms. The van der Waals surface area contributed by atoms with Gasteiger partial charge in [0.1, 0.15) is 5.03 Å². The normalized spacial score (nSPS) is 14.6. The minimum absolute atomic E-state index is 0.0321. The first-order valence-corrected chi connectivity index (χ1v) is 4.05. The number of hydrogen-bond donors (Lipinski definition) is 1. The standard InChI is InChI=1S/C8H12ClNO2/c1-3-6(2)12-8(4-10)7(9)5-11/h4-6,10H,3H2,1-2H3/b8-7-,10-4?. The molecule has 1 unspecified atom stereocenters. The van der Waals surface area contributed by atoms with Crippen LogP contribution in [0.5, 0.6) is 0 Å². The van der Waals surface area contributed by atoms with Crippen LogP contribution in [0.4, 0.5) is 0 Å². The Morgan fingerprint density at radius 2 is 2.33 bits per heavy atom. The summed E-state index contributed by atoms with van der Waals surface area (Å²) in [6, 6.07) is 0. The molecule has 0 aliphatic carbocycles. The topological polar surface area (TPSA) is 50.1 Å². The van der Waals surface area contributed by atoms with Crippen molar-refractivity contribution in [3.63, 3.8) is 0 Å². The number of allylic oxidation sites excluding steroid dienone is 2. The molecular formula is C8H12ClNO2. The molecule has 0 heterocycles. The average molecular weight is 190 g/mol. The van der Waals surface area contributed by atoms with Crippen LogP contribution in [-0.4, -0.2) is 18.6 Å². The van der Waals surface area contributed by atoms with Crippen molar-refractivity contribution in [1.29, 1.82) is 5.41 Å². The second-order valence-corrected chi connectivity index (χ2v) is 2.72. The predicted molar refractivity (Wildman–Crippen MR) is 48.6 cm³/mol. The lowest BCUT2D eigenvalue weighted by Gasteiger charge is -2.12. The summed E-state index contributed by atoms with van der Waals surface area (Å²) < 4.78 is 5.17. The van der Waals surface area contributed by atoms with Gasteiger partial charge in [0.15, 0.2) is 12.0 Å². The van der Waals surface area contributed by atoms with E-state index in [1.165, 1.54) is 0 Å². The molecule has 0 amide bonds. The molecule has 3 nitrogen and oxygen atoms in total. The molecule has 0 aromatic heterocycles. The lowest BCUT2D eigenvalue weighted by molar-refractivity contribution is -0.104. The van der Waals surface area contributed by atoms with Crippen LogP contribution in [-0.2, 0) is 9.53 Å². The maximum atomic E-state index is 10.2. The number of rotatable bonds is 5. The van der Waals surface area contributed by atoms with E-state index in [4.69, 9.17) is 21.7 Å².